The van der Waals surface area contributed by atoms with Gasteiger partial charge in [0.1, 0.15) is 11.3 Å². The lowest BCUT2D eigenvalue weighted by Crippen LogP contribution is -2.42. The van der Waals surface area contributed by atoms with Gasteiger partial charge in [0, 0.05) is 38.4 Å². The van der Waals surface area contributed by atoms with Crippen molar-refractivity contribution in [3.8, 4) is 0 Å². The number of para-hydroxylation sites is 2. The average molecular weight is 522 g/mol. The molecular weight excluding hydrogens is 486 g/mol. The van der Waals surface area contributed by atoms with E-state index in [9.17, 15) is 15.0 Å². The molecule has 202 valence electrons. The SMILES string of the molecule is CC(C)c1nc2ccccc2n1CCCC(=O)N1C[C@@H](O)C[C@@](C)(O)[C@H](n2cnc3c(N)nc(N)nc32)C1. The highest BCUT2D eigenvalue weighted by Crippen LogP contribution is 2.34. The molecule has 0 aliphatic carbocycles. The predicted octanol–water partition coefficient (Wildman–Crippen LogP) is 1.83. The smallest absolute Gasteiger partial charge is 0.224 e. The van der Waals surface area contributed by atoms with Gasteiger partial charge in [0.2, 0.25) is 11.9 Å². The molecule has 1 aliphatic rings. The number of anilines is 2. The van der Waals surface area contributed by atoms with Gasteiger partial charge in [-0.1, -0.05) is 26.0 Å². The van der Waals surface area contributed by atoms with E-state index in [0.29, 0.717) is 30.6 Å². The van der Waals surface area contributed by atoms with Crippen molar-refractivity contribution in [2.75, 3.05) is 24.6 Å². The van der Waals surface area contributed by atoms with Gasteiger partial charge >= 0.3 is 0 Å². The van der Waals surface area contributed by atoms with E-state index in [-0.39, 0.29) is 43.1 Å². The van der Waals surface area contributed by atoms with Crippen LogP contribution in [0.3, 0.4) is 0 Å². The zero-order valence-corrected chi connectivity index (χ0v) is 21.9. The summed E-state index contributed by atoms with van der Waals surface area (Å²) in [6, 6.07) is 7.38. The lowest BCUT2D eigenvalue weighted by atomic mass is 9.91. The number of carbonyl (C=O) groups is 1. The Hall–Kier alpha value is -3.77. The van der Waals surface area contributed by atoms with Crippen LogP contribution in [0.15, 0.2) is 30.6 Å². The third-order valence-electron chi connectivity index (χ3n) is 7.32. The number of hydrogen-bond donors (Lipinski definition) is 4. The van der Waals surface area contributed by atoms with Crippen molar-refractivity contribution in [3.63, 3.8) is 0 Å². The number of nitrogen functional groups attached to an aromatic ring is 2. The van der Waals surface area contributed by atoms with Crippen molar-refractivity contribution in [2.24, 2.45) is 0 Å². The van der Waals surface area contributed by atoms with Crippen LogP contribution in [0.1, 0.15) is 57.8 Å². The number of benzene rings is 1. The van der Waals surface area contributed by atoms with Gasteiger partial charge < -0.3 is 35.7 Å². The number of β-amino-alcohol motifs (C(OH)–C–C–N with tert-alkyl or cyclic N) is 1. The fourth-order valence-electron chi connectivity index (χ4n) is 5.50. The fraction of sp³-hybridized carbons (Fsp3) is 0.500. The number of amides is 1. The quantitative estimate of drug-likeness (QED) is 0.295. The molecular formula is C26H35N9O3. The second-order valence-electron chi connectivity index (χ2n) is 10.7. The number of likely N-dealkylation sites (tertiary alicyclic amines) is 1. The van der Waals surface area contributed by atoms with Crippen molar-refractivity contribution in [1.82, 2.24) is 34.0 Å². The van der Waals surface area contributed by atoms with E-state index >= 15 is 0 Å². The van der Waals surface area contributed by atoms with Crippen LogP contribution in [0.2, 0.25) is 0 Å². The van der Waals surface area contributed by atoms with E-state index in [1.54, 1.807) is 16.4 Å². The van der Waals surface area contributed by atoms with Crippen molar-refractivity contribution in [3.05, 3.63) is 36.4 Å². The maximum Gasteiger partial charge on any atom is 0.224 e. The summed E-state index contributed by atoms with van der Waals surface area (Å²) in [5.74, 6) is 1.28. The van der Waals surface area contributed by atoms with E-state index in [4.69, 9.17) is 16.5 Å². The fourth-order valence-corrected chi connectivity index (χ4v) is 5.50. The Kier molecular flexibility index (Phi) is 6.70. The first-order valence-corrected chi connectivity index (χ1v) is 12.9. The minimum atomic E-state index is -1.35. The Morgan fingerprint density at radius 2 is 1.95 bits per heavy atom. The summed E-state index contributed by atoms with van der Waals surface area (Å²) in [5.41, 5.74) is 13.2. The third-order valence-corrected chi connectivity index (χ3v) is 7.32. The topological polar surface area (TPSA) is 174 Å². The van der Waals surface area contributed by atoms with E-state index < -0.39 is 17.7 Å². The summed E-state index contributed by atoms with van der Waals surface area (Å²) in [7, 11) is 0. The number of aliphatic hydroxyl groups is 2. The first kappa shape index (κ1) is 25.9. The Labute approximate surface area is 220 Å². The highest BCUT2D eigenvalue weighted by Gasteiger charge is 2.42. The van der Waals surface area contributed by atoms with Crippen LogP contribution >= 0.6 is 0 Å². The summed E-state index contributed by atoms with van der Waals surface area (Å²) in [5, 5.41) is 22.1. The van der Waals surface area contributed by atoms with Crippen LogP contribution in [0.25, 0.3) is 22.2 Å². The molecule has 1 aliphatic heterocycles. The standard InChI is InChI=1S/C26H35N9O3/c1-15(2)23-30-17-7-4-5-8-18(17)34(23)10-6-9-20(37)33-12-16(36)11-26(3,38)19(13-33)35-14-29-21-22(27)31-25(28)32-24(21)35/h4-5,7-8,14-16,19,36,38H,6,9-13H2,1-3H3,(H4,27,28,31,32)/t16-,19+,26+/m0/s1. The summed E-state index contributed by atoms with van der Waals surface area (Å²) in [6.45, 7) is 6.82. The molecule has 38 heavy (non-hydrogen) atoms. The minimum Gasteiger partial charge on any atom is -0.391 e. The number of aromatic nitrogens is 6. The summed E-state index contributed by atoms with van der Waals surface area (Å²) < 4.78 is 3.86. The largest absolute Gasteiger partial charge is 0.391 e. The molecule has 1 amide bonds. The Balaban J connectivity index is 1.36. The molecule has 0 bridgehead atoms. The van der Waals surface area contributed by atoms with Gasteiger partial charge in [-0.2, -0.15) is 9.97 Å². The lowest BCUT2D eigenvalue weighted by molar-refractivity contribution is -0.133. The molecule has 0 saturated carbocycles. The molecule has 1 aromatic carbocycles. The molecule has 4 aromatic rings. The highest BCUT2D eigenvalue weighted by atomic mass is 16.3. The number of rotatable bonds is 6. The molecule has 12 nitrogen and oxygen atoms in total. The Bertz CT molecular complexity index is 1480. The molecule has 12 heteroatoms. The van der Waals surface area contributed by atoms with Crippen LogP contribution in [0.5, 0.6) is 0 Å². The molecule has 1 saturated heterocycles. The van der Waals surface area contributed by atoms with Gasteiger partial charge in [0.15, 0.2) is 11.5 Å². The summed E-state index contributed by atoms with van der Waals surface area (Å²) >= 11 is 0. The first-order valence-electron chi connectivity index (χ1n) is 12.9. The predicted molar refractivity (Wildman–Crippen MR) is 144 cm³/mol. The maximum absolute atomic E-state index is 13.4. The number of nitrogens with two attached hydrogens (primary N) is 2. The normalized spacial score (nSPS) is 22.4. The van der Waals surface area contributed by atoms with Crippen molar-refractivity contribution in [1.29, 1.82) is 0 Å². The molecule has 1 fully saturated rings. The average Bonchev–Trinajstić information content (AvgIpc) is 3.40. The third kappa shape index (κ3) is 4.76. The van der Waals surface area contributed by atoms with E-state index in [1.165, 1.54) is 6.33 Å². The monoisotopic (exact) mass is 521 g/mol. The van der Waals surface area contributed by atoms with Crippen LogP contribution in [0, 0.1) is 0 Å². The lowest BCUT2D eigenvalue weighted by Gasteiger charge is -2.34. The van der Waals surface area contributed by atoms with Gasteiger partial charge in [0.25, 0.3) is 0 Å². The summed E-state index contributed by atoms with van der Waals surface area (Å²) in [6.07, 6.45) is 1.62. The van der Waals surface area contributed by atoms with Gasteiger partial charge in [-0.05, 0) is 25.5 Å². The van der Waals surface area contributed by atoms with Crippen molar-refractivity contribution >= 4 is 39.9 Å². The zero-order valence-electron chi connectivity index (χ0n) is 21.9. The molecule has 3 atom stereocenters. The molecule has 3 aromatic heterocycles. The summed E-state index contributed by atoms with van der Waals surface area (Å²) in [4.78, 5) is 32.4. The number of fused-ring (bicyclic) bond motifs is 2. The van der Waals surface area contributed by atoms with Crippen LogP contribution in [-0.2, 0) is 11.3 Å². The molecule has 4 heterocycles. The second kappa shape index (κ2) is 9.84. The molecule has 5 rings (SSSR count). The van der Waals surface area contributed by atoms with E-state index in [0.717, 1.165) is 16.9 Å². The Morgan fingerprint density at radius 1 is 1.18 bits per heavy atom. The van der Waals surface area contributed by atoms with Gasteiger partial charge in [0.05, 0.1) is 35.1 Å². The molecule has 0 unspecified atom stereocenters. The molecule has 0 spiro atoms. The van der Waals surface area contributed by atoms with Gasteiger partial charge in [-0.3, -0.25) is 4.79 Å². The zero-order chi connectivity index (χ0) is 27.2. The maximum atomic E-state index is 13.4. The highest BCUT2D eigenvalue weighted by molar-refractivity contribution is 5.83. The number of aryl methyl sites for hydroxylation is 1. The number of imidazole rings is 2. The van der Waals surface area contributed by atoms with E-state index in [2.05, 4.69) is 33.4 Å². The number of carbonyl (C=O) groups excluding carboxylic acids is 1. The molecule has 6 N–H and O–H groups in total. The van der Waals surface area contributed by atoms with Crippen LogP contribution in [0.4, 0.5) is 11.8 Å². The van der Waals surface area contributed by atoms with Crippen molar-refractivity contribution < 1.29 is 15.0 Å². The van der Waals surface area contributed by atoms with Gasteiger partial charge in [-0.15, -0.1) is 0 Å². The number of hydrogen-bond acceptors (Lipinski definition) is 9. The van der Waals surface area contributed by atoms with E-state index in [1.807, 2.05) is 24.3 Å². The minimum absolute atomic E-state index is 0.00854. The number of nitrogens with zero attached hydrogens (tertiary/aromatic N) is 7. The van der Waals surface area contributed by atoms with Crippen molar-refractivity contribution in [2.45, 2.75) is 70.2 Å². The number of aliphatic hydroxyl groups excluding tert-OH is 1. The Morgan fingerprint density at radius 3 is 2.71 bits per heavy atom. The van der Waals surface area contributed by atoms with Gasteiger partial charge in [-0.25, -0.2) is 9.97 Å². The van der Waals surface area contributed by atoms with Crippen LogP contribution in [-0.4, -0.2) is 74.9 Å². The molecule has 0 radical (unpaired) electrons. The second-order valence-corrected chi connectivity index (χ2v) is 10.7. The van der Waals surface area contributed by atoms with Crippen LogP contribution < -0.4 is 11.5 Å². The first-order chi connectivity index (χ1) is 18.0.